The molecule has 21 heavy (non-hydrogen) atoms. The summed E-state index contributed by atoms with van der Waals surface area (Å²) in [5.74, 6) is -2.89. The van der Waals surface area contributed by atoms with Crippen molar-refractivity contribution in [2.75, 3.05) is 7.11 Å². The zero-order chi connectivity index (χ0) is 15.8. The van der Waals surface area contributed by atoms with E-state index in [2.05, 4.69) is 4.74 Å². The van der Waals surface area contributed by atoms with Crippen molar-refractivity contribution in [3.63, 3.8) is 0 Å². The van der Waals surface area contributed by atoms with Crippen molar-refractivity contribution < 1.29 is 31.9 Å². The number of amides is 1. The fourth-order valence-corrected chi connectivity index (χ4v) is 3.16. The highest BCUT2D eigenvalue weighted by atomic mass is 32.2. The molecule has 1 aliphatic heterocycles. The van der Waals surface area contributed by atoms with Crippen LogP contribution in [0.25, 0.3) is 0 Å². The fourth-order valence-electron chi connectivity index (χ4n) is 1.89. The Labute approximate surface area is 120 Å². The number of hydrogen-bond acceptors (Lipinski definition) is 4. The second-order valence-electron chi connectivity index (χ2n) is 4.20. The molecule has 0 spiro atoms. The summed E-state index contributed by atoms with van der Waals surface area (Å²) in [6.45, 7) is 0. The molecule has 0 aliphatic carbocycles. The molecule has 0 radical (unpaired) electrons. The Hall–Kier alpha value is -1.77. The first-order valence-corrected chi connectivity index (χ1v) is 6.49. The number of alkyl halides is 3. The predicted octanol–water partition coefficient (Wildman–Crippen LogP) is 1.95. The first kappa shape index (κ1) is 15.6. The van der Waals surface area contributed by atoms with Gasteiger partial charge in [-0.1, -0.05) is 23.9 Å². The molecular weight excluding hydrogens is 314 g/mol. The van der Waals surface area contributed by atoms with Crippen LogP contribution in [-0.2, 0) is 19.2 Å². The Morgan fingerprint density at radius 1 is 1.33 bits per heavy atom. The van der Waals surface area contributed by atoms with Gasteiger partial charge < -0.3 is 10.1 Å². The maximum atomic E-state index is 13.4. The highest BCUT2D eigenvalue weighted by Crippen LogP contribution is 2.52. The van der Waals surface area contributed by atoms with Crippen LogP contribution in [0.3, 0.4) is 0 Å². The number of methoxy groups -OCH3 is 1. The molecular formula is C12H9F4NO3S. The number of rotatable bonds is 2. The minimum atomic E-state index is -4.88. The van der Waals surface area contributed by atoms with Gasteiger partial charge in [0.25, 0.3) is 0 Å². The molecule has 2 rings (SSSR count). The quantitative estimate of drug-likeness (QED) is 0.513. The molecule has 1 aliphatic rings. The third-order valence-corrected chi connectivity index (χ3v) is 4.46. The van der Waals surface area contributed by atoms with Crippen LogP contribution in [-0.4, -0.2) is 30.4 Å². The van der Waals surface area contributed by atoms with Gasteiger partial charge >= 0.3 is 12.1 Å². The van der Waals surface area contributed by atoms with Gasteiger partial charge in [0, 0.05) is 0 Å². The average Bonchev–Trinajstić information content (AvgIpc) is 2.77. The third kappa shape index (κ3) is 2.57. The van der Waals surface area contributed by atoms with Gasteiger partial charge in [0.1, 0.15) is 5.82 Å². The van der Waals surface area contributed by atoms with Gasteiger partial charge in [0.2, 0.25) is 10.8 Å². The van der Waals surface area contributed by atoms with Crippen molar-refractivity contribution in [1.82, 2.24) is 5.32 Å². The highest BCUT2D eigenvalue weighted by Gasteiger charge is 2.64. The Balaban J connectivity index is 2.49. The predicted molar refractivity (Wildman–Crippen MR) is 65.7 cm³/mol. The summed E-state index contributed by atoms with van der Waals surface area (Å²) in [4.78, 5) is 20.3. The molecule has 1 aromatic carbocycles. The number of nitrogens with one attached hydrogen (secondary N) is 1. The van der Waals surface area contributed by atoms with Crippen molar-refractivity contribution in [3.05, 3.63) is 35.6 Å². The smallest absolute Gasteiger partial charge is 0.425 e. The summed E-state index contributed by atoms with van der Waals surface area (Å²) < 4.78 is 57.5. The summed E-state index contributed by atoms with van der Waals surface area (Å²) in [5, 5.41) is 0.147. The zero-order valence-electron chi connectivity index (χ0n) is 10.5. The summed E-state index contributed by atoms with van der Waals surface area (Å²) in [6.07, 6.45) is -4.88. The van der Waals surface area contributed by atoms with Crippen LogP contribution in [0.1, 0.15) is 5.56 Å². The minimum absolute atomic E-state index is 0.0822. The van der Waals surface area contributed by atoms with E-state index in [1.54, 1.807) is 5.32 Å². The lowest BCUT2D eigenvalue weighted by atomic mass is 10.1. The van der Waals surface area contributed by atoms with E-state index in [1.165, 1.54) is 0 Å². The molecule has 0 aromatic heterocycles. The van der Waals surface area contributed by atoms with E-state index in [1.807, 2.05) is 0 Å². The fraction of sp³-hybridized carbons (Fsp3) is 0.333. The molecule has 114 valence electrons. The molecule has 1 N–H and O–H groups in total. The van der Waals surface area contributed by atoms with Crippen LogP contribution in [0.2, 0.25) is 0 Å². The first-order valence-electron chi connectivity index (χ1n) is 5.62. The van der Waals surface area contributed by atoms with Crippen molar-refractivity contribution in [3.8, 4) is 0 Å². The van der Waals surface area contributed by atoms with Crippen LogP contribution in [0.4, 0.5) is 17.6 Å². The third-order valence-electron chi connectivity index (χ3n) is 2.90. The Morgan fingerprint density at radius 2 is 1.90 bits per heavy atom. The topological polar surface area (TPSA) is 55.4 Å². The molecule has 1 saturated heterocycles. The second-order valence-corrected chi connectivity index (χ2v) is 5.52. The van der Waals surface area contributed by atoms with Gasteiger partial charge in [-0.05, 0) is 17.7 Å². The number of halogens is 4. The standard InChI is InChI=1S/C12H9F4NO3S/c1-20-10(19)8-9(18)17-11(21-8,12(14,15)16)6-2-4-7(13)5-3-6/h2-5,8H,1H3,(H,17,18). The number of ether oxygens (including phenoxy) is 1. The van der Waals surface area contributed by atoms with Crippen molar-refractivity contribution in [2.45, 2.75) is 16.3 Å². The molecule has 0 saturated carbocycles. The molecule has 2 atom stereocenters. The van der Waals surface area contributed by atoms with Gasteiger partial charge in [0.05, 0.1) is 7.11 Å². The van der Waals surface area contributed by atoms with Gasteiger partial charge in [-0.15, -0.1) is 0 Å². The largest absolute Gasteiger partial charge is 0.468 e. The summed E-state index contributed by atoms with van der Waals surface area (Å²) in [7, 11) is 0.974. The molecule has 1 fully saturated rings. The monoisotopic (exact) mass is 323 g/mol. The number of carbonyl (C=O) groups excluding carboxylic acids is 2. The molecule has 4 nitrogen and oxygen atoms in total. The van der Waals surface area contributed by atoms with Crippen LogP contribution < -0.4 is 5.32 Å². The number of esters is 1. The van der Waals surface area contributed by atoms with Crippen LogP contribution in [0, 0.1) is 5.82 Å². The van der Waals surface area contributed by atoms with E-state index < -0.39 is 34.0 Å². The summed E-state index contributed by atoms with van der Waals surface area (Å²) >= 11 is 0.0822. The number of hydrogen-bond donors (Lipinski definition) is 1. The van der Waals surface area contributed by atoms with E-state index in [4.69, 9.17) is 0 Å². The molecule has 1 heterocycles. The summed E-state index contributed by atoms with van der Waals surface area (Å²) in [5.41, 5.74) is -0.374. The highest BCUT2D eigenvalue weighted by molar-refractivity contribution is 8.02. The Kier molecular flexibility index (Phi) is 3.87. The van der Waals surface area contributed by atoms with Crippen LogP contribution >= 0.6 is 11.8 Å². The number of benzene rings is 1. The van der Waals surface area contributed by atoms with Gasteiger partial charge in [0.15, 0.2) is 5.25 Å². The molecule has 1 aromatic rings. The van der Waals surface area contributed by atoms with E-state index in [9.17, 15) is 27.2 Å². The zero-order valence-corrected chi connectivity index (χ0v) is 11.3. The van der Waals surface area contributed by atoms with Gasteiger partial charge in [-0.3, -0.25) is 9.59 Å². The molecule has 9 heteroatoms. The average molecular weight is 323 g/mol. The van der Waals surface area contributed by atoms with E-state index >= 15 is 0 Å². The van der Waals surface area contributed by atoms with E-state index in [0.717, 1.165) is 31.4 Å². The maximum Gasteiger partial charge on any atom is 0.425 e. The Morgan fingerprint density at radius 3 is 2.38 bits per heavy atom. The number of thioether (sulfide) groups is 1. The Bertz CT molecular complexity index is 575. The molecule has 0 bridgehead atoms. The van der Waals surface area contributed by atoms with Crippen molar-refractivity contribution >= 4 is 23.6 Å². The van der Waals surface area contributed by atoms with E-state index in [-0.39, 0.29) is 17.3 Å². The maximum absolute atomic E-state index is 13.4. The van der Waals surface area contributed by atoms with Crippen molar-refractivity contribution in [2.24, 2.45) is 0 Å². The normalized spacial score (nSPS) is 25.6. The number of carbonyl (C=O) groups is 2. The molecule has 2 unspecified atom stereocenters. The lowest BCUT2D eigenvalue weighted by molar-refractivity contribution is -0.172. The van der Waals surface area contributed by atoms with Gasteiger partial charge in [-0.25, -0.2) is 4.39 Å². The van der Waals surface area contributed by atoms with Crippen molar-refractivity contribution in [1.29, 1.82) is 0 Å². The van der Waals surface area contributed by atoms with Crippen LogP contribution in [0.15, 0.2) is 24.3 Å². The minimum Gasteiger partial charge on any atom is -0.468 e. The first-order chi connectivity index (χ1) is 9.71. The van der Waals surface area contributed by atoms with E-state index in [0.29, 0.717) is 0 Å². The SMILES string of the molecule is COC(=O)C1SC(c2ccc(F)cc2)(C(F)(F)F)NC1=O. The van der Waals surface area contributed by atoms with Crippen LogP contribution in [0.5, 0.6) is 0 Å². The lowest BCUT2D eigenvalue weighted by Gasteiger charge is -2.31. The lowest BCUT2D eigenvalue weighted by Crippen LogP contribution is -2.49. The molecule has 1 amide bonds. The second kappa shape index (κ2) is 5.21. The summed E-state index contributed by atoms with van der Waals surface area (Å²) in [6, 6.07) is 3.52. The van der Waals surface area contributed by atoms with Gasteiger partial charge in [-0.2, -0.15) is 13.2 Å².